The highest BCUT2D eigenvalue weighted by molar-refractivity contribution is 7.80. The lowest BCUT2D eigenvalue weighted by Gasteiger charge is -2.21. The van der Waals surface area contributed by atoms with E-state index in [0.29, 0.717) is 30.1 Å². The standard InChI is InChI=1S/C13H18N2O2S/c1-3-15(7-6-12(14)18)13(17)11-5-4-10(16)8-9(11)2/h4-5,8,16H,3,6-7H2,1-2H3,(H2,14,18). The Labute approximate surface area is 112 Å². The van der Waals surface area contributed by atoms with Gasteiger partial charge in [0.05, 0.1) is 4.99 Å². The largest absolute Gasteiger partial charge is 0.508 e. The van der Waals surface area contributed by atoms with Crippen molar-refractivity contribution >= 4 is 23.1 Å². The monoisotopic (exact) mass is 266 g/mol. The van der Waals surface area contributed by atoms with Crippen LogP contribution in [0.5, 0.6) is 5.75 Å². The summed E-state index contributed by atoms with van der Waals surface area (Å²) in [7, 11) is 0. The molecule has 1 aromatic rings. The molecular formula is C13H18N2O2S. The third kappa shape index (κ3) is 3.70. The molecule has 98 valence electrons. The number of nitrogens with two attached hydrogens (primary N) is 1. The molecule has 18 heavy (non-hydrogen) atoms. The van der Waals surface area contributed by atoms with E-state index in [0.717, 1.165) is 5.56 Å². The van der Waals surface area contributed by atoms with Crippen LogP contribution in [0.15, 0.2) is 18.2 Å². The van der Waals surface area contributed by atoms with E-state index < -0.39 is 0 Å². The zero-order valence-electron chi connectivity index (χ0n) is 10.6. The Kier molecular flexibility index (Phi) is 5.09. The lowest BCUT2D eigenvalue weighted by atomic mass is 10.1. The number of aryl methyl sites for hydroxylation is 1. The first-order valence-corrected chi connectivity index (χ1v) is 6.23. The summed E-state index contributed by atoms with van der Waals surface area (Å²) in [6, 6.07) is 4.73. The molecule has 3 N–H and O–H groups in total. The van der Waals surface area contributed by atoms with E-state index >= 15 is 0 Å². The van der Waals surface area contributed by atoms with Crippen LogP contribution in [0.3, 0.4) is 0 Å². The lowest BCUT2D eigenvalue weighted by molar-refractivity contribution is 0.0768. The summed E-state index contributed by atoms with van der Waals surface area (Å²) in [6.45, 7) is 4.83. The minimum atomic E-state index is -0.0637. The number of phenolic OH excluding ortho intramolecular Hbond substituents is 1. The summed E-state index contributed by atoms with van der Waals surface area (Å²) >= 11 is 4.81. The Morgan fingerprint density at radius 1 is 1.50 bits per heavy atom. The van der Waals surface area contributed by atoms with Crippen LogP contribution in [0.2, 0.25) is 0 Å². The topological polar surface area (TPSA) is 66.6 Å². The van der Waals surface area contributed by atoms with Crippen molar-refractivity contribution in [3.63, 3.8) is 0 Å². The number of benzene rings is 1. The van der Waals surface area contributed by atoms with Gasteiger partial charge in [0.15, 0.2) is 0 Å². The zero-order chi connectivity index (χ0) is 13.7. The van der Waals surface area contributed by atoms with Crippen LogP contribution in [-0.2, 0) is 0 Å². The minimum absolute atomic E-state index is 0.0637. The van der Waals surface area contributed by atoms with E-state index in [-0.39, 0.29) is 11.7 Å². The van der Waals surface area contributed by atoms with Crippen molar-refractivity contribution in [1.82, 2.24) is 4.90 Å². The maximum Gasteiger partial charge on any atom is 0.254 e. The average molecular weight is 266 g/mol. The molecule has 0 bridgehead atoms. The molecule has 0 radical (unpaired) electrons. The van der Waals surface area contributed by atoms with Crippen molar-refractivity contribution in [3.05, 3.63) is 29.3 Å². The molecule has 0 aliphatic heterocycles. The molecule has 0 aliphatic rings. The van der Waals surface area contributed by atoms with E-state index in [1.165, 1.54) is 6.07 Å². The first-order chi connectivity index (χ1) is 8.45. The van der Waals surface area contributed by atoms with Gasteiger partial charge in [0.2, 0.25) is 0 Å². The predicted molar refractivity (Wildman–Crippen MR) is 75.8 cm³/mol. The second-order valence-electron chi connectivity index (χ2n) is 4.10. The number of hydrogen-bond acceptors (Lipinski definition) is 3. The maximum atomic E-state index is 12.3. The van der Waals surface area contributed by atoms with Crippen LogP contribution >= 0.6 is 12.2 Å². The van der Waals surface area contributed by atoms with Gasteiger partial charge >= 0.3 is 0 Å². The van der Waals surface area contributed by atoms with Gasteiger partial charge in [0.1, 0.15) is 5.75 Å². The second-order valence-corrected chi connectivity index (χ2v) is 4.62. The molecular weight excluding hydrogens is 248 g/mol. The van der Waals surface area contributed by atoms with E-state index in [1.807, 2.05) is 6.92 Å². The number of amides is 1. The van der Waals surface area contributed by atoms with E-state index in [4.69, 9.17) is 18.0 Å². The van der Waals surface area contributed by atoms with Gasteiger partial charge in [0.25, 0.3) is 5.91 Å². The quantitative estimate of drug-likeness (QED) is 0.798. The molecule has 4 nitrogen and oxygen atoms in total. The molecule has 1 aromatic carbocycles. The fourth-order valence-corrected chi connectivity index (χ4v) is 1.80. The van der Waals surface area contributed by atoms with Gasteiger partial charge in [-0.1, -0.05) is 12.2 Å². The maximum absolute atomic E-state index is 12.3. The van der Waals surface area contributed by atoms with E-state index in [9.17, 15) is 9.90 Å². The number of rotatable bonds is 5. The summed E-state index contributed by atoms with van der Waals surface area (Å²) in [6.07, 6.45) is 0.520. The third-order valence-electron chi connectivity index (χ3n) is 2.74. The molecule has 0 unspecified atom stereocenters. The van der Waals surface area contributed by atoms with Crippen LogP contribution < -0.4 is 5.73 Å². The smallest absolute Gasteiger partial charge is 0.254 e. The van der Waals surface area contributed by atoms with Crippen molar-refractivity contribution in [2.75, 3.05) is 13.1 Å². The van der Waals surface area contributed by atoms with E-state index in [1.54, 1.807) is 24.0 Å². The van der Waals surface area contributed by atoms with Gasteiger partial charge < -0.3 is 15.7 Å². The van der Waals surface area contributed by atoms with Gasteiger partial charge in [-0.25, -0.2) is 0 Å². The Hall–Kier alpha value is -1.62. The molecule has 0 saturated carbocycles. The number of carbonyl (C=O) groups excluding carboxylic acids is 1. The molecule has 0 saturated heterocycles. The number of carbonyl (C=O) groups is 1. The van der Waals surface area contributed by atoms with Gasteiger partial charge in [-0.3, -0.25) is 4.79 Å². The van der Waals surface area contributed by atoms with E-state index in [2.05, 4.69) is 0 Å². The first-order valence-electron chi connectivity index (χ1n) is 5.83. The van der Waals surface area contributed by atoms with Crippen LogP contribution in [0.25, 0.3) is 0 Å². The van der Waals surface area contributed by atoms with Crippen molar-refractivity contribution < 1.29 is 9.90 Å². The summed E-state index contributed by atoms with van der Waals surface area (Å²) < 4.78 is 0. The molecule has 0 fully saturated rings. The molecule has 0 atom stereocenters. The Balaban J connectivity index is 2.86. The SMILES string of the molecule is CCN(CCC(N)=S)C(=O)c1ccc(O)cc1C. The van der Waals surface area contributed by atoms with Crippen LogP contribution in [-0.4, -0.2) is 34.0 Å². The van der Waals surface area contributed by atoms with Gasteiger partial charge in [0, 0.05) is 25.1 Å². The Bertz CT molecular complexity index is 460. The molecule has 1 amide bonds. The van der Waals surface area contributed by atoms with Gasteiger partial charge in [-0.2, -0.15) is 0 Å². The fraction of sp³-hybridized carbons (Fsp3) is 0.385. The van der Waals surface area contributed by atoms with Gasteiger partial charge in [-0.15, -0.1) is 0 Å². The molecule has 0 heterocycles. The number of hydrogen-bond donors (Lipinski definition) is 2. The average Bonchev–Trinajstić information content (AvgIpc) is 2.29. The van der Waals surface area contributed by atoms with Crippen molar-refractivity contribution in [1.29, 1.82) is 0 Å². The summed E-state index contributed by atoms with van der Waals surface area (Å²) in [5, 5.41) is 9.33. The van der Waals surface area contributed by atoms with Crippen molar-refractivity contribution in [3.8, 4) is 5.75 Å². The number of nitrogens with zero attached hydrogens (tertiary/aromatic N) is 1. The third-order valence-corrected chi connectivity index (χ3v) is 2.94. The highest BCUT2D eigenvalue weighted by Gasteiger charge is 2.16. The fourth-order valence-electron chi connectivity index (χ4n) is 1.71. The second kappa shape index (κ2) is 6.35. The summed E-state index contributed by atoms with van der Waals surface area (Å²) in [5.74, 6) is 0.0986. The molecule has 1 rings (SSSR count). The number of aromatic hydroxyl groups is 1. The zero-order valence-corrected chi connectivity index (χ0v) is 11.5. The highest BCUT2D eigenvalue weighted by Crippen LogP contribution is 2.17. The van der Waals surface area contributed by atoms with Crippen LogP contribution in [0.1, 0.15) is 29.3 Å². The van der Waals surface area contributed by atoms with Crippen molar-refractivity contribution in [2.24, 2.45) is 5.73 Å². The van der Waals surface area contributed by atoms with Gasteiger partial charge in [-0.05, 0) is 37.6 Å². The lowest BCUT2D eigenvalue weighted by Crippen LogP contribution is -2.33. The minimum Gasteiger partial charge on any atom is -0.508 e. The number of phenols is 1. The summed E-state index contributed by atoms with van der Waals surface area (Å²) in [5.41, 5.74) is 6.80. The normalized spacial score (nSPS) is 10.1. The Morgan fingerprint density at radius 3 is 2.67 bits per heavy atom. The molecule has 0 spiro atoms. The molecule has 0 aliphatic carbocycles. The highest BCUT2D eigenvalue weighted by atomic mass is 32.1. The van der Waals surface area contributed by atoms with Crippen molar-refractivity contribution in [2.45, 2.75) is 20.3 Å². The molecule has 0 aromatic heterocycles. The van der Waals surface area contributed by atoms with Crippen LogP contribution in [0, 0.1) is 6.92 Å². The number of thiocarbonyl (C=S) groups is 1. The first kappa shape index (κ1) is 14.4. The molecule has 5 heteroatoms. The van der Waals surface area contributed by atoms with Crippen LogP contribution in [0.4, 0.5) is 0 Å². The predicted octanol–water partition coefficient (Wildman–Crippen LogP) is 1.84. The summed E-state index contributed by atoms with van der Waals surface area (Å²) in [4.78, 5) is 14.4. The Morgan fingerprint density at radius 2 is 2.17 bits per heavy atom.